The Morgan fingerprint density at radius 3 is 2.50 bits per heavy atom. The molecule has 1 heterocycles. The zero-order valence-corrected chi connectivity index (χ0v) is 10.6. The van der Waals surface area contributed by atoms with E-state index in [9.17, 15) is 0 Å². The van der Waals surface area contributed by atoms with Crippen molar-refractivity contribution in [3.8, 4) is 0 Å². The van der Waals surface area contributed by atoms with Crippen molar-refractivity contribution in [2.75, 3.05) is 30.4 Å². The zero-order valence-electron chi connectivity index (χ0n) is 10.6. The third-order valence-corrected chi connectivity index (χ3v) is 2.72. The highest BCUT2D eigenvalue weighted by Crippen LogP contribution is 2.10. The van der Waals surface area contributed by atoms with Crippen molar-refractivity contribution in [1.82, 2.24) is 9.97 Å². The normalized spacial score (nSPS) is 10.1. The lowest BCUT2D eigenvalue weighted by atomic mass is 10.3. The predicted octanol–water partition coefficient (Wildman–Crippen LogP) is 2.42. The summed E-state index contributed by atoms with van der Waals surface area (Å²) in [6.07, 6.45) is 4.53. The monoisotopic (exact) mass is 242 g/mol. The second-order valence-corrected chi connectivity index (χ2v) is 4.11. The molecular formula is C14H18N4. The van der Waals surface area contributed by atoms with Crippen molar-refractivity contribution < 1.29 is 0 Å². The van der Waals surface area contributed by atoms with Gasteiger partial charge in [0.15, 0.2) is 0 Å². The lowest BCUT2D eigenvalue weighted by Gasteiger charge is -2.19. The van der Waals surface area contributed by atoms with Gasteiger partial charge in [0, 0.05) is 38.2 Å². The number of nitrogens with zero attached hydrogens (tertiary/aromatic N) is 3. The summed E-state index contributed by atoms with van der Waals surface area (Å²) in [7, 11) is 2.11. The summed E-state index contributed by atoms with van der Waals surface area (Å²) in [6.45, 7) is 1.88. The van der Waals surface area contributed by atoms with E-state index in [-0.39, 0.29) is 0 Å². The van der Waals surface area contributed by atoms with E-state index in [2.05, 4.69) is 51.5 Å². The number of aromatic nitrogens is 2. The van der Waals surface area contributed by atoms with Crippen LogP contribution in [0.4, 0.5) is 11.6 Å². The number of rotatable bonds is 6. The number of hydrogen-bond donors (Lipinski definition) is 1. The third-order valence-electron chi connectivity index (χ3n) is 2.72. The molecule has 0 aliphatic carbocycles. The molecule has 0 aliphatic heterocycles. The first-order chi connectivity index (χ1) is 8.86. The van der Waals surface area contributed by atoms with Crippen molar-refractivity contribution in [3.05, 3.63) is 48.8 Å². The zero-order chi connectivity index (χ0) is 12.6. The standard InChI is InChI=1S/C14H18N4/c1-18(13-7-3-2-4-8-13)12-6-11-17-14-15-9-5-10-16-14/h2-5,7-10H,6,11-12H2,1H3,(H,15,16,17). The molecule has 0 amide bonds. The van der Waals surface area contributed by atoms with Crippen LogP contribution in [0.15, 0.2) is 48.8 Å². The quantitative estimate of drug-likeness (QED) is 0.790. The molecule has 4 heteroatoms. The highest BCUT2D eigenvalue weighted by molar-refractivity contribution is 5.44. The number of benzene rings is 1. The van der Waals surface area contributed by atoms with Gasteiger partial charge in [-0.2, -0.15) is 0 Å². The van der Waals surface area contributed by atoms with Crippen LogP contribution in [0.3, 0.4) is 0 Å². The molecule has 0 bridgehead atoms. The van der Waals surface area contributed by atoms with Gasteiger partial charge in [-0.25, -0.2) is 9.97 Å². The fourth-order valence-electron chi connectivity index (χ4n) is 1.72. The summed E-state index contributed by atoms with van der Waals surface area (Å²) < 4.78 is 0. The summed E-state index contributed by atoms with van der Waals surface area (Å²) in [5, 5.41) is 3.20. The topological polar surface area (TPSA) is 41.0 Å². The van der Waals surface area contributed by atoms with Crippen LogP contribution in [-0.4, -0.2) is 30.1 Å². The molecule has 0 saturated carbocycles. The van der Waals surface area contributed by atoms with E-state index >= 15 is 0 Å². The number of para-hydroxylation sites is 1. The highest BCUT2D eigenvalue weighted by Gasteiger charge is 1.99. The Balaban J connectivity index is 1.70. The van der Waals surface area contributed by atoms with Crippen LogP contribution in [0.2, 0.25) is 0 Å². The molecule has 18 heavy (non-hydrogen) atoms. The van der Waals surface area contributed by atoms with E-state index in [1.807, 2.05) is 12.1 Å². The van der Waals surface area contributed by atoms with Gasteiger partial charge >= 0.3 is 0 Å². The van der Waals surface area contributed by atoms with Crippen LogP contribution < -0.4 is 10.2 Å². The van der Waals surface area contributed by atoms with Crippen LogP contribution in [0.25, 0.3) is 0 Å². The molecule has 0 saturated heterocycles. The van der Waals surface area contributed by atoms with Gasteiger partial charge in [0.1, 0.15) is 0 Å². The van der Waals surface area contributed by atoms with Gasteiger partial charge in [0.25, 0.3) is 0 Å². The van der Waals surface area contributed by atoms with Crippen molar-refractivity contribution in [3.63, 3.8) is 0 Å². The van der Waals surface area contributed by atoms with Crippen LogP contribution in [-0.2, 0) is 0 Å². The van der Waals surface area contributed by atoms with Crippen LogP contribution >= 0.6 is 0 Å². The molecule has 1 aromatic carbocycles. The highest BCUT2D eigenvalue weighted by atomic mass is 15.1. The maximum atomic E-state index is 4.12. The van der Waals surface area contributed by atoms with E-state index in [1.54, 1.807) is 12.4 Å². The minimum absolute atomic E-state index is 0.694. The minimum Gasteiger partial charge on any atom is -0.375 e. The Labute approximate surface area is 108 Å². The Hall–Kier alpha value is -2.10. The van der Waals surface area contributed by atoms with Gasteiger partial charge in [0.2, 0.25) is 5.95 Å². The fourth-order valence-corrected chi connectivity index (χ4v) is 1.72. The van der Waals surface area contributed by atoms with Gasteiger partial charge in [-0.15, -0.1) is 0 Å². The molecule has 1 aromatic heterocycles. The van der Waals surface area contributed by atoms with Gasteiger partial charge in [-0.05, 0) is 24.6 Å². The van der Waals surface area contributed by atoms with Crippen LogP contribution in [0.5, 0.6) is 0 Å². The molecule has 1 N–H and O–H groups in total. The minimum atomic E-state index is 0.694. The average Bonchev–Trinajstić information content (AvgIpc) is 2.45. The SMILES string of the molecule is CN(CCCNc1ncccn1)c1ccccc1. The smallest absolute Gasteiger partial charge is 0.222 e. The Morgan fingerprint density at radius 2 is 1.78 bits per heavy atom. The average molecular weight is 242 g/mol. The molecule has 0 fully saturated rings. The number of nitrogens with one attached hydrogen (secondary N) is 1. The predicted molar refractivity (Wildman–Crippen MR) is 74.9 cm³/mol. The van der Waals surface area contributed by atoms with Crippen molar-refractivity contribution in [2.45, 2.75) is 6.42 Å². The molecule has 0 aliphatic rings. The first-order valence-corrected chi connectivity index (χ1v) is 6.13. The number of hydrogen-bond acceptors (Lipinski definition) is 4. The van der Waals surface area contributed by atoms with Gasteiger partial charge in [-0.1, -0.05) is 18.2 Å². The summed E-state index contributed by atoms with van der Waals surface area (Å²) in [4.78, 5) is 10.5. The van der Waals surface area contributed by atoms with E-state index < -0.39 is 0 Å². The van der Waals surface area contributed by atoms with Crippen molar-refractivity contribution in [2.24, 2.45) is 0 Å². The molecule has 0 spiro atoms. The summed E-state index contributed by atoms with van der Waals surface area (Å²) in [5.74, 6) is 0.694. The molecule has 4 nitrogen and oxygen atoms in total. The van der Waals surface area contributed by atoms with E-state index in [1.165, 1.54) is 5.69 Å². The first-order valence-electron chi connectivity index (χ1n) is 6.13. The Morgan fingerprint density at radius 1 is 1.06 bits per heavy atom. The second-order valence-electron chi connectivity index (χ2n) is 4.11. The largest absolute Gasteiger partial charge is 0.375 e. The van der Waals surface area contributed by atoms with Gasteiger partial charge in [-0.3, -0.25) is 0 Å². The molecular weight excluding hydrogens is 224 g/mol. The first kappa shape index (κ1) is 12.4. The summed E-state index contributed by atoms with van der Waals surface area (Å²) >= 11 is 0. The van der Waals surface area contributed by atoms with Crippen LogP contribution in [0, 0.1) is 0 Å². The summed E-state index contributed by atoms with van der Waals surface area (Å²) in [5.41, 5.74) is 1.24. The van der Waals surface area contributed by atoms with E-state index in [4.69, 9.17) is 0 Å². The summed E-state index contributed by atoms with van der Waals surface area (Å²) in [6, 6.07) is 12.2. The molecule has 0 radical (unpaired) electrons. The van der Waals surface area contributed by atoms with Crippen molar-refractivity contribution in [1.29, 1.82) is 0 Å². The Kier molecular flexibility index (Phi) is 4.53. The van der Waals surface area contributed by atoms with Gasteiger partial charge in [0.05, 0.1) is 0 Å². The van der Waals surface area contributed by atoms with Crippen LogP contribution in [0.1, 0.15) is 6.42 Å². The number of anilines is 2. The lowest BCUT2D eigenvalue weighted by Crippen LogP contribution is -2.20. The molecule has 0 unspecified atom stereocenters. The molecule has 0 atom stereocenters. The molecule has 94 valence electrons. The maximum Gasteiger partial charge on any atom is 0.222 e. The van der Waals surface area contributed by atoms with E-state index in [0.29, 0.717) is 5.95 Å². The maximum absolute atomic E-state index is 4.12. The fraction of sp³-hybridized carbons (Fsp3) is 0.286. The second kappa shape index (κ2) is 6.59. The molecule has 2 rings (SSSR count). The Bertz CT molecular complexity index is 444. The third kappa shape index (κ3) is 3.73. The van der Waals surface area contributed by atoms with E-state index in [0.717, 1.165) is 19.5 Å². The lowest BCUT2D eigenvalue weighted by molar-refractivity contribution is 0.811. The van der Waals surface area contributed by atoms with Gasteiger partial charge < -0.3 is 10.2 Å². The van der Waals surface area contributed by atoms with Crippen molar-refractivity contribution >= 4 is 11.6 Å². The molecule has 2 aromatic rings.